The van der Waals surface area contributed by atoms with Crippen LogP contribution in [0, 0.1) is 5.92 Å². The molecule has 0 aromatic rings. The van der Waals surface area contributed by atoms with Crippen molar-refractivity contribution in [1.29, 1.82) is 0 Å². The zero-order valence-corrected chi connectivity index (χ0v) is 9.71. The van der Waals surface area contributed by atoms with Crippen molar-refractivity contribution in [3.8, 4) is 0 Å². The van der Waals surface area contributed by atoms with Crippen LogP contribution >= 0.6 is 0 Å². The number of aliphatic hydroxyl groups excluding tert-OH is 1. The van der Waals surface area contributed by atoms with E-state index in [1.165, 1.54) is 32.1 Å². The SMILES string of the molecule is CC(C)CN(CCO)C1CCCCC1. The maximum Gasteiger partial charge on any atom is 0.0558 e. The number of rotatable bonds is 5. The molecule has 14 heavy (non-hydrogen) atoms. The van der Waals surface area contributed by atoms with Gasteiger partial charge in [-0.2, -0.15) is 0 Å². The third-order valence-electron chi connectivity index (χ3n) is 3.08. The van der Waals surface area contributed by atoms with Crippen molar-refractivity contribution in [2.45, 2.75) is 52.0 Å². The molecule has 0 radical (unpaired) electrons. The fourth-order valence-electron chi connectivity index (χ4n) is 2.47. The Kier molecular flexibility index (Phi) is 5.49. The number of hydrogen-bond donors (Lipinski definition) is 1. The fraction of sp³-hybridized carbons (Fsp3) is 1.00. The standard InChI is InChI=1S/C12H25NO/c1-11(2)10-13(8-9-14)12-6-4-3-5-7-12/h11-12,14H,3-10H2,1-2H3. The number of aliphatic hydroxyl groups is 1. The molecular formula is C12H25NO. The van der Waals surface area contributed by atoms with Crippen LogP contribution in [0.5, 0.6) is 0 Å². The molecule has 1 fully saturated rings. The summed E-state index contributed by atoms with van der Waals surface area (Å²) in [5, 5.41) is 9.04. The van der Waals surface area contributed by atoms with E-state index in [1.54, 1.807) is 0 Å². The van der Waals surface area contributed by atoms with Crippen molar-refractivity contribution in [3.63, 3.8) is 0 Å². The van der Waals surface area contributed by atoms with Crippen LogP contribution in [-0.4, -0.2) is 35.7 Å². The molecule has 0 aliphatic heterocycles. The lowest BCUT2D eigenvalue weighted by Crippen LogP contribution is -2.40. The molecule has 1 saturated carbocycles. The van der Waals surface area contributed by atoms with Crippen molar-refractivity contribution in [2.75, 3.05) is 19.7 Å². The Hall–Kier alpha value is -0.0800. The summed E-state index contributed by atoms with van der Waals surface area (Å²) >= 11 is 0. The molecule has 0 bridgehead atoms. The topological polar surface area (TPSA) is 23.5 Å². The van der Waals surface area contributed by atoms with Crippen molar-refractivity contribution >= 4 is 0 Å². The second-order valence-electron chi connectivity index (χ2n) is 4.90. The monoisotopic (exact) mass is 199 g/mol. The molecule has 0 heterocycles. The normalized spacial score (nSPS) is 19.5. The van der Waals surface area contributed by atoms with Gasteiger partial charge in [0.2, 0.25) is 0 Å². The van der Waals surface area contributed by atoms with Gasteiger partial charge in [0.25, 0.3) is 0 Å². The van der Waals surface area contributed by atoms with Gasteiger partial charge in [-0.05, 0) is 18.8 Å². The van der Waals surface area contributed by atoms with Crippen LogP contribution in [0.15, 0.2) is 0 Å². The first-order valence-corrected chi connectivity index (χ1v) is 6.09. The van der Waals surface area contributed by atoms with Crippen molar-refractivity contribution in [3.05, 3.63) is 0 Å². The van der Waals surface area contributed by atoms with E-state index in [9.17, 15) is 0 Å². The second-order valence-corrected chi connectivity index (χ2v) is 4.90. The average Bonchev–Trinajstić information content (AvgIpc) is 2.18. The molecule has 1 aliphatic carbocycles. The molecule has 1 rings (SSSR count). The number of hydrogen-bond acceptors (Lipinski definition) is 2. The largest absolute Gasteiger partial charge is 0.395 e. The first kappa shape index (κ1) is 12.0. The first-order valence-electron chi connectivity index (χ1n) is 6.09. The van der Waals surface area contributed by atoms with Crippen molar-refractivity contribution in [1.82, 2.24) is 4.90 Å². The Morgan fingerprint density at radius 2 is 1.86 bits per heavy atom. The summed E-state index contributed by atoms with van der Waals surface area (Å²) in [4.78, 5) is 2.49. The molecule has 1 N–H and O–H groups in total. The highest BCUT2D eigenvalue weighted by Gasteiger charge is 2.20. The molecule has 0 aromatic heterocycles. The van der Waals surface area contributed by atoms with Crippen LogP contribution in [0.25, 0.3) is 0 Å². The summed E-state index contributed by atoms with van der Waals surface area (Å²) in [7, 11) is 0. The highest BCUT2D eigenvalue weighted by atomic mass is 16.3. The summed E-state index contributed by atoms with van der Waals surface area (Å²) < 4.78 is 0. The molecule has 2 heteroatoms. The van der Waals surface area contributed by atoms with E-state index in [2.05, 4.69) is 18.7 Å². The summed E-state index contributed by atoms with van der Waals surface area (Å²) in [5.41, 5.74) is 0. The van der Waals surface area contributed by atoms with Crippen LogP contribution in [-0.2, 0) is 0 Å². The Labute approximate surface area is 88.3 Å². The van der Waals surface area contributed by atoms with Gasteiger partial charge in [-0.15, -0.1) is 0 Å². The van der Waals surface area contributed by atoms with Crippen LogP contribution in [0.2, 0.25) is 0 Å². The van der Waals surface area contributed by atoms with E-state index >= 15 is 0 Å². The zero-order chi connectivity index (χ0) is 10.4. The van der Waals surface area contributed by atoms with Gasteiger partial charge >= 0.3 is 0 Å². The van der Waals surface area contributed by atoms with Gasteiger partial charge in [-0.3, -0.25) is 4.90 Å². The third kappa shape index (κ3) is 3.97. The van der Waals surface area contributed by atoms with Crippen molar-refractivity contribution in [2.24, 2.45) is 5.92 Å². The highest BCUT2D eigenvalue weighted by Crippen LogP contribution is 2.22. The molecule has 0 spiro atoms. The number of nitrogens with zero attached hydrogens (tertiary/aromatic N) is 1. The minimum absolute atomic E-state index is 0.309. The van der Waals surface area contributed by atoms with Gasteiger partial charge in [-0.25, -0.2) is 0 Å². The van der Waals surface area contributed by atoms with Crippen LogP contribution in [0.4, 0.5) is 0 Å². The second kappa shape index (κ2) is 6.41. The predicted octanol–water partition coefficient (Wildman–Crippen LogP) is 2.27. The van der Waals surface area contributed by atoms with E-state index in [4.69, 9.17) is 5.11 Å². The minimum atomic E-state index is 0.309. The van der Waals surface area contributed by atoms with Gasteiger partial charge in [0.15, 0.2) is 0 Å². The highest BCUT2D eigenvalue weighted by molar-refractivity contribution is 4.76. The van der Waals surface area contributed by atoms with Crippen LogP contribution < -0.4 is 0 Å². The van der Waals surface area contributed by atoms with Crippen molar-refractivity contribution < 1.29 is 5.11 Å². The van der Waals surface area contributed by atoms with E-state index in [1.807, 2.05) is 0 Å². The lowest BCUT2D eigenvalue weighted by Gasteiger charge is -2.35. The lowest BCUT2D eigenvalue weighted by molar-refractivity contribution is 0.111. The molecule has 0 amide bonds. The molecule has 0 atom stereocenters. The predicted molar refractivity (Wildman–Crippen MR) is 60.4 cm³/mol. The maximum atomic E-state index is 9.04. The fourth-order valence-corrected chi connectivity index (χ4v) is 2.47. The average molecular weight is 199 g/mol. The van der Waals surface area contributed by atoms with Gasteiger partial charge in [-0.1, -0.05) is 33.1 Å². The summed E-state index contributed by atoms with van der Waals surface area (Å²) in [6, 6.07) is 0.748. The molecule has 84 valence electrons. The van der Waals surface area contributed by atoms with E-state index in [-0.39, 0.29) is 0 Å². The maximum absolute atomic E-state index is 9.04. The van der Waals surface area contributed by atoms with Crippen LogP contribution in [0.3, 0.4) is 0 Å². The molecular weight excluding hydrogens is 174 g/mol. The Morgan fingerprint density at radius 1 is 1.21 bits per heavy atom. The van der Waals surface area contributed by atoms with Gasteiger partial charge < -0.3 is 5.11 Å². The van der Waals surface area contributed by atoms with E-state index in [0.29, 0.717) is 12.5 Å². The Balaban J connectivity index is 2.38. The third-order valence-corrected chi connectivity index (χ3v) is 3.08. The summed E-state index contributed by atoms with van der Waals surface area (Å²) in [6.07, 6.45) is 6.85. The quantitative estimate of drug-likeness (QED) is 0.734. The van der Waals surface area contributed by atoms with E-state index < -0.39 is 0 Å². The van der Waals surface area contributed by atoms with Gasteiger partial charge in [0.1, 0.15) is 0 Å². The zero-order valence-electron chi connectivity index (χ0n) is 9.71. The van der Waals surface area contributed by atoms with Crippen LogP contribution in [0.1, 0.15) is 46.0 Å². The molecule has 1 aliphatic rings. The smallest absolute Gasteiger partial charge is 0.0558 e. The first-order chi connectivity index (χ1) is 6.74. The molecule has 0 saturated heterocycles. The molecule has 0 unspecified atom stereocenters. The minimum Gasteiger partial charge on any atom is -0.395 e. The summed E-state index contributed by atoms with van der Waals surface area (Å²) in [5.74, 6) is 0.712. The Bertz CT molecular complexity index is 141. The molecule has 2 nitrogen and oxygen atoms in total. The molecule has 0 aromatic carbocycles. The van der Waals surface area contributed by atoms with E-state index in [0.717, 1.165) is 19.1 Å². The van der Waals surface area contributed by atoms with Gasteiger partial charge in [0, 0.05) is 19.1 Å². The lowest BCUT2D eigenvalue weighted by atomic mass is 9.93. The van der Waals surface area contributed by atoms with Gasteiger partial charge in [0.05, 0.1) is 6.61 Å². The Morgan fingerprint density at radius 3 is 2.36 bits per heavy atom. The summed E-state index contributed by atoms with van der Waals surface area (Å²) in [6.45, 7) is 6.83.